The van der Waals surface area contributed by atoms with Crippen molar-refractivity contribution in [1.29, 1.82) is 0 Å². The van der Waals surface area contributed by atoms with Crippen LogP contribution in [0, 0.1) is 12.7 Å². The highest BCUT2D eigenvalue weighted by Gasteiger charge is 2.19. The van der Waals surface area contributed by atoms with Crippen LogP contribution in [0.25, 0.3) is 11.4 Å². The van der Waals surface area contributed by atoms with Crippen LogP contribution in [0.2, 0.25) is 0 Å². The van der Waals surface area contributed by atoms with E-state index in [1.165, 1.54) is 33.9 Å². The van der Waals surface area contributed by atoms with E-state index in [0.29, 0.717) is 22.5 Å². The number of nitrogens with one attached hydrogen (secondary N) is 1. The standard InChI is InChI=1S/C24H24FN3O3/c1-15-21(10-11-29)24(31)28(23(26-15)18-6-3-7-19(25)12-18)14-22(30)27-20-9-8-16-4-2-5-17(16)13-20/h3,6-9,12-13,29H,2,4-5,10-11,14H2,1H3,(H,27,30). The first kappa shape index (κ1) is 20.9. The van der Waals surface area contributed by atoms with Gasteiger partial charge in [0.05, 0.1) is 0 Å². The molecule has 2 N–H and O–H groups in total. The Kier molecular flexibility index (Phi) is 5.95. The first-order valence-electron chi connectivity index (χ1n) is 10.3. The number of aliphatic hydroxyl groups is 1. The van der Waals surface area contributed by atoms with Crippen molar-refractivity contribution in [2.24, 2.45) is 0 Å². The van der Waals surface area contributed by atoms with Crippen LogP contribution in [-0.2, 0) is 30.6 Å². The first-order chi connectivity index (χ1) is 15.0. The minimum Gasteiger partial charge on any atom is -0.396 e. The summed E-state index contributed by atoms with van der Waals surface area (Å²) in [5.41, 5.74) is 4.01. The van der Waals surface area contributed by atoms with Gasteiger partial charge in [-0.05, 0) is 61.6 Å². The molecule has 3 aromatic rings. The summed E-state index contributed by atoms with van der Waals surface area (Å²) in [6, 6.07) is 11.6. The Bertz CT molecular complexity index is 1200. The van der Waals surface area contributed by atoms with Crippen molar-refractivity contribution in [3.8, 4) is 11.4 Å². The van der Waals surface area contributed by atoms with Crippen LogP contribution in [-0.4, -0.2) is 27.2 Å². The summed E-state index contributed by atoms with van der Waals surface area (Å²) >= 11 is 0. The lowest BCUT2D eigenvalue weighted by atomic mass is 10.1. The SMILES string of the molecule is Cc1nc(-c2cccc(F)c2)n(CC(=O)Nc2ccc3c(c2)CCC3)c(=O)c1CCO. The molecule has 6 nitrogen and oxygen atoms in total. The van der Waals surface area contributed by atoms with Gasteiger partial charge in [0.2, 0.25) is 5.91 Å². The number of aliphatic hydroxyl groups excluding tert-OH is 1. The van der Waals surface area contributed by atoms with Gasteiger partial charge < -0.3 is 10.4 Å². The molecule has 0 bridgehead atoms. The highest BCUT2D eigenvalue weighted by Crippen LogP contribution is 2.25. The van der Waals surface area contributed by atoms with Crippen LogP contribution in [0.1, 0.15) is 28.8 Å². The number of fused-ring (bicyclic) bond motifs is 1. The van der Waals surface area contributed by atoms with Gasteiger partial charge in [0.1, 0.15) is 18.2 Å². The topological polar surface area (TPSA) is 84.2 Å². The zero-order valence-corrected chi connectivity index (χ0v) is 17.3. The Morgan fingerprint density at radius 1 is 1.19 bits per heavy atom. The highest BCUT2D eigenvalue weighted by molar-refractivity contribution is 5.91. The predicted molar refractivity (Wildman–Crippen MR) is 117 cm³/mol. The van der Waals surface area contributed by atoms with Gasteiger partial charge in [0.25, 0.3) is 5.56 Å². The Morgan fingerprint density at radius 3 is 2.77 bits per heavy atom. The summed E-state index contributed by atoms with van der Waals surface area (Å²) < 4.78 is 15.1. The number of rotatable bonds is 6. The molecule has 4 rings (SSSR count). The molecule has 1 aliphatic rings. The maximum absolute atomic E-state index is 13.8. The van der Waals surface area contributed by atoms with Gasteiger partial charge in [0.15, 0.2) is 0 Å². The van der Waals surface area contributed by atoms with Gasteiger partial charge >= 0.3 is 0 Å². The number of hydrogen-bond acceptors (Lipinski definition) is 4. The second-order valence-corrected chi connectivity index (χ2v) is 7.76. The van der Waals surface area contributed by atoms with Gasteiger partial charge in [-0.15, -0.1) is 0 Å². The van der Waals surface area contributed by atoms with E-state index in [-0.39, 0.29) is 31.3 Å². The Labute approximate surface area is 179 Å². The van der Waals surface area contributed by atoms with Crippen molar-refractivity contribution in [3.63, 3.8) is 0 Å². The molecule has 2 aromatic carbocycles. The zero-order chi connectivity index (χ0) is 22.0. The lowest BCUT2D eigenvalue weighted by Crippen LogP contribution is -2.33. The van der Waals surface area contributed by atoms with Crippen molar-refractivity contribution in [3.05, 3.63) is 81.0 Å². The number of benzene rings is 2. The fraction of sp³-hybridized carbons (Fsp3) is 0.292. The monoisotopic (exact) mass is 421 g/mol. The van der Waals surface area contributed by atoms with Crippen molar-refractivity contribution in [2.75, 3.05) is 11.9 Å². The summed E-state index contributed by atoms with van der Waals surface area (Å²) in [6.45, 7) is 1.19. The summed E-state index contributed by atoms with van der Waals surface area (Å²) in [5, 5.41) is 12.2. The van der Waals surface area contributed by atoms with E-state index in [1.54, 1.807) is 13.0 Å². The van der Waals surface area contributed by atoms with Crippen LogP contribution in [0.5, 0.6) is 0 Å². The molecule has 0 spiro atoms. The van der Waals surface area contributed by atoms with E-state index in [4.69, 9.17) is 0 Å². The predicted octanol–water partition coefficient (Wildman–Crippen LogP) is 3.02. The van der Waals surface area contributed by atoms with E-state index >= 15 is 0 Å². The number of carbonyl (C=O) groups is 1. The molecule has 0 aliphatic heterocycles. The summed E-state index contributed by atoms with van der Waals surface area (Å²) in [6.07, 6.45) is 3.29. The third-order valence-corrected chi connectivity index (χ3v) is 5.60. The molecule has 0 saturated carbocycles. The number of nitrogens with zero attached hydrogens (tertiary/aromatic N) is 2. The van der Waals surface area contributed by atoms with E-state index in [0.717, 1.165) is 19.3 Å². The molecule has 0 unspecified atom stereocenters. The number of carbonyl (C=O) groups excluding carboxylic acids is 1. The molecule has 160 valence electrons. The number of halogens is 1. The van der Waals surface area contributed by atoms with Gasteiger partial charge in [-0.2, -0.15) is 0 Å². The average molecular weight is 421 g/mol. The average Bonchev–Trinajstić information content (AvgIpc) is 3.21. The maximum Gasteiger partial charge on any atom is 0.257 e. The van der Waals surface area contributed by atoms with Gasteiger partial charge in [-0.3, -0.25) is 14.2 Å². The number of amides is 1. The van der Waals surface area contributed by atoms with E-state index in [2.05, 4.69) is 10.3 Å². The Balaban J connectivity index is 1.69. The summed E-state index contributed by atoms with van der Waals surface area (Å²) in [5.74, 6) is -0.621. The van der Waals surface area contributed by atoms with Crippen molar-refractivity contribution < 1.29 is 14.3 Å². The van der Waals surface area contributed by atoms with Gasteiger partial charge in [-0.1, -0.05) is 18.2 Å². The number of anilines is 1. The van der Waals surface area contributed by atoms with Crippen LogP contribution in [0.15, 0.2) is 47.3 Å². The zero-order valence-electron chi connectivity index (χ0n) is 17.3. The summed E-state index contributed by atoms with van der Waals surface area (Å²) in [4.78, 5) is 30.4. The Hall–Kier alpha value is -3.32. The quantitative estimate of drug-likeness (QED) is 0.641. The minimum absolute atomic E-state index is 0.132. The molecule has 0 radical (unpaired) electrons. The third-order valence-electron chi connectivity index (χ3n) is 5.60. The second kappa shape index (κ2) is 8.81. The molecule has 31 heavy (non-hydrogen) atoms. The summed E-state index contributed by atoms with van der Waals surface area (Å²) in [7, 11) is 0. The van der Waals surface area contributed by atoms with Crippen LogP contribution < -0.4 is 10.9 Å². The molecule has 0 fully saturated rings. The molecule has 1 aromatic heterocycles. The fourth-order valence-corrected chi connectivity index (χ4v) is 4.09. The molecule has 1 aliphatic carbocycles. The molecule has 0 saturated heterocycles. The molecular formula is C24H24FN3O3. The number of aryl methyl sites for hydroxylation is 3. The van der Waals surface area contributed by atoms with Crippen molar-refractivity contribution in [1.82, 2.24) is 9.55 Å². The van der Waals surface area contributed by atoms with Crippen LogP contribution in [0.3, 0.4) is 0 Å². The third kappa shape index (κ3) is 4.41. The second-order valence-electron chi connectivity index (χ2n) is 7.76. The lowest BCUT2D eigenvalue weighted by molar-refractivity contribution is -0.116. The maximum atomic E-state index is 13.8. The van der Waals surface area contributed by atoms with Gasteiger partial charge in [-0.25, -0.2) is 9.37 Å². The molecular weight excluding hydrogens is 397 g/mol. The molecule has 0 atom stereocenters. The largest absolute Gasteiger partial charge is 0.396 e. The molecule has 7 heteroatoms. The highest BCUT2D eigenvalue weighted by atomic mass is 19.1. The normalized spacial score (nSPS) is 12.6. The minimum atomic E-state index is -0.460. The van der Waals surface area contributed by atoms with Crippen LogP contribution >= 0.6 is 0 Å². The fourth-order valence-electron chi connectivity index (χ4n) is 4.09. The van der Waals surface area contributed by atoms with Crippen LogP contribution in [0.4, 0.5) is 10.1 Å². The number of hydrogen-bond donors (Lipinski definition) is 2. The molecule has 1 heterocycles. The van der Waals surface area contributed by atoms with E-state index in [1.807, 2.05) is 18.2 Å². The number of aromatic nitrogens is 2. The Morgan fingerprint density at radius 2 is 2.00 bits per heavy atom. The van der Waals surface area contributed by atoms with Crippen molar-refractivity contribution in [2.45, 2.75) is 39.2 Å². The first-order valence-corrected chi connectivity index (χ1v) is 10.3. The van der Waals surface area contributed by atoms with E-state index < -0.39 is 11.4 Å². The van der Waals surface area contributed by atoms with E-state index in [9.17, 15) is 19.1 Å². The smallest absolute Gasteiger partial charge is 0.257 e. The molecule has 1 amide bonds. The van der Waals surface area contributed by atoms with Gasteiger partial charge in [0, 0.05) is 35.5 Å². The van der Waals surface area contributed by atoms with Crippen molar-refractivity contribution >= 4 is 11.6 Å². The lowest BCUT2D eigenvalue weighted by Gasteiger charge is -2.16.